The fourth-order valence-corrected chi connectivity index (χ4v) is 3.68. The highest BCUT2D eigenvalue weighted by atomic mass is 19.1. The van der Waals surface area contributed by atoms with Gasteiger partial charge in [-0.1, -0.05) is 13.0 Å². The normalized spacial score (nSPS) is 16.2. The van der Waals surface area contributed by atoms with Gasteiger partial charge in [-0.15, -0.1) is 0 Å². The molecule has 9 heteroatoms. The molecule has 3 N–H and O–H groups in total. The summed E-state index contributed by atoms with van der Waals surface area (Å²) < 4.78 is 13.6. The lowest BCUT2D eigenvalue weighted by Crippen LogP contribution is -2.39. The molecule has 160 valence electrons. The number of benzene rings is 1. The SMILES string of the molecule is CCC(=O)N1CCCC(c2nc(Nc3cccc(F)c3)cc(-c3cnc(N)nc3)n2)C1. The van der Waals surface area contributed by atoms with Crippen molar-refractivity contribution in [2.45, 2.75) is 32.1 Å². The number of nitrogens with one attached hydrogen (secondary N) is 1. The van der Waals surface area contributed by atoms with Crippen LogP contribution in [0.15, 0.2) is 42.7 Å². The Hall–Kier alpha value is -3.62. The van der Waals surface area contributed by atoms with Crippen LogP contribution in [0.3, 0.4) is 0 Å². The van der Waals surface area contributed by atoms with Crippen molar-refractivity contribution in [1.82, 2.24) is 24.8 Å². The Balaban J connectivity index is 1.70. The number of rotatable bonds is 5. The Kier molecular flexibility index (Phi) is 6.01. The maximum atomic E-state index is 13.6. The molecule has 1 aliphatic rings. The van der Waals surface area contributed by atoms with Gasteiger partial charge in [-0.2, -0.15) is 0 Å². The van der Waals surface area contributed by atoms with E-state index in [2.05, 4.69) is 15.3 Å². The molecule has 1 atom stereocenters. The summed E-state index contributed by atoms with van der Waals surface area (Å²) in [5.41, 5.74) is 7.51. The molecule has 1 unspecified atom stereocenters. The minimum atomic E-state index is -0.340. The molecular formula is C22H24FN7O. The number of nitrogen functional groups attached to an aromatic ring is 1. The largest absolute Gasteiger partial charge is 0.368 e. The van der Waals surface area contributed by atoms with Crippen LogP contribution < -0.4 is 11.1 Å². The molecule has 0 radical (unpaired) electrons. The third-order valence-corrected chi connectivity index (χ3v) is 5.25. The Labute approximate surface area is 179 Å². The van der Waals surface area contributed by atoms with E-state index < -0.39 is 0 Å². The van der Waals surface area contributed by atoms with E-state index in [-0.39, 0.29) is 23.6 Å². The van der Waals surface area contributed by atoms with Crippen molar-refractivity contribution in [2.75, 3.05) is 24.1 Å². The first-order chi connectivity index (χ1) is 15.0. The number of halogens is 1. The van der Waals surface area contributed by atoms with Crippen molar-refractivity contribution in [2.24, 2.45) is 0 Å². The van der Waals surface area contributed by atoms with Crippen molar-refractivity contribution in [3.8, 4) is 11.3 Å². The fourth-order valence-electron chi connectivity index (χ4n) is 3.68. The van der Waals surface area contributed by atoms with Gasteiger partial charge in [-0.25, -0.2) is 24.3 Å². The van der Waals surface area contributed by atoms with Crippen LogP contribution in [-0.2, 0) is 4.79 Å². The molecule has 0 aliphatic carbocycles. The van der Waals surface area contributed by atoms with E-state index in [4.69, 9.17) is 15.7 Å². The van der Waals surface area contributed by atoms with E-state index in [1.807, 2.05) is 11.8 Å². The smallest absolute Gasteiger partial charge is 0.222 e. The van der Waals surface area contributed by atoms with Gasteiger partial charge in [-0.05, 0) is 31.0 Å². The van der Waals surface area contributed by atoms with Crippen LogP contribution in [0.2, 0.25) is 0 Å². The average Bonchev–Trinajstić information content (AvgIpc) is 2.79. The monoisotopic (exact) mass is 421 g/mol. The molecule has 1 aliphatic heterocycles. The Bertz CT molecular complexity index is 1070. The number of hydrogen-bond donors (Lipinski definition) is 2. The molecule has 31 heavy (non-hydrogen) atoms. The first-order valence-corrected chi connectivity index (χ1v) is 10.3. The van der Waals surface area contributed by atoms with Crippen LogP contribution in [0, 0.1) is 5.82 Å². The zero-order valence-electron chi connectivity index (χ0n) is 17.3. The molecular weight excluding hydrogens is 397 g/mol. The number of anilines is 3. The van der Waals surface area contributed by atoms with Crippen molar-refractivity contribution < 1.29 is 9.18 Å². The zero-order valence-corrected chi connectivity index (χ0v) is 17.3. The molecule has 1 saturated heterocycles. The summed E-state index contributed by atoms with van der Waals surface area (Å²) in [4.78, 5) is 31.6. The highest BCUT2D eigenvalue weighted by Gasteiger charge is 2.26. The number of likely N-dealkylation sites (tertiary alicyclic amines) is 1. The van der Waals surface area contributed by atoms with E-state index >= 15 is 0 Å². The summed E-state index contributed by atoms with van der Waals surface area (Å²) in [6, 6.07) is 7.94. The second-order valence-electron chi connectivity index (χ2n) is 7.49. The van der Waals surface area contributed by atoms with Gasteiger partial charge in [0.25, 0.3) is 0 Å². The molecule has 1 aromatic carbocycles. The first kappa shape index (κ1) is 20.6. The highest BCUT2D eigenvalue weighted by molar-refractivity contribution is 5.76. The summed E-state index contributed by atoms with van der Waals surface area (Å²) in [7, 11) is 0. The number of piperidine rings is 1. The lowest BCUT2D eigenvalue weighted by Gasteiger charge is -2.32. The van der Waals surface area contributed by atoms with Gasteiger partial charge < -0.3 is 16.0 Å². The second kappa shape index (κ2) is 9.03. The number of carbonyl (C=O) groups excluding carboxylic acids is 1. The molecule has 0 saturated carbocycles. The van der Waals surface area contributed by atoms with Crippen molar-refractivity contribution in [1.29, 1.82) is 0 Å². The molecule has 2 aromatic heterocycles. The maximum Gasteiger partial charge on any atom is 0.222 e. The van der Waals surface area contributed by atoms with Gasteiger partial charge in [0.2, 0.25) is 11.9 Å². The van der Waals surface area contributed by atoms with E-state index in [0.717, 1.165) is 19.4 Å². The van der Waals surface area contributed by atoms with Crippen LogP contribution in [-0.4, -0.2) is 43.8 Å². The van der Waals surface area contributed by atoms with E-state index in [0.29, 0.717) is 41.6 Å². The van der Waals surface area contributed by atoms with Gasteiger partial charge in [0, 0.05) is 55.1 Å². The summed E-state index contributed by atoms with van der Waals surface area (Å²) in [5, 5.41) is 3.15. The average molecular weight is 421 g/mol. The van der Waals surface area contributed by atoms with E-state index in [9.17, 15) is 9.18 Å². The Morgan fingerprint density at radius 2 is 2.06 bits per heavy atom. The topological polar surface area (TPSA) is 110 Å². The van der Waals surface area contributed by atoms with E-state index in [1.165, 1.54) is 12.1 Å². The molecule has 0 spiro atoms. The molecule has 4 rings (SSSR count). The first-order valence-electron chi connectivity index (χ1n) is 10.3. The molecule has 1 amide bonds. The maximum absolute atomic E-state index is 13.6. The minimum Gasteiger partial charge on any atom is -0.368 e. The third-order valence-electron chi connectivity index (χ3n) is 5.25. The number of carbonyl (C=O) groups is 1. The van der Waals surface area contributed by atoms with Crippen LogP contribution in [0.25, 0.3) is 11.3 Å². The standard InChI is InChI=1S/C22H24FN7O/c1-2-20(31)30-8-4-5-14(13-30)21-28-18(15-11-25-22(24)26-12-15)10-19(29-21)27-17-7-3-6-16(23)9-17/h3,6-7,9-12,14H,2,4-5,8,13H2,1H3,(H2,24,25,26)(H,27,28,29). The molecule has 3 aromatic rings. The van der Waals surface area contributed by atoms with E-state index in [1.54, 1.807) is 30.6 Å². The molecule has 0 bridgehead atoms. The molecule has 3 heterocycles. The summed E-state index contributed by atoms with van der Waals surface area (Å²) >= 11 is 0. The summed E-state index contributed by atoms with van der Waals surface area (Å²) in [6.45, 7) is 3.20. The number of hydrogen-bond acceptors (Lipinski definition) is 7. The predicted octanol–water partition coefficient (Wildman–Crippen LogP) is 3.51. The number of nitrogens with two attached hydrogens (primary N) is 1. The van der Waals surface area contributed by atoms with Crippen LogP contribution >= 0.6 is 0 Å². The van der Waals surface area contributed by atoms with Gasteiger partial charge in [-0.3, -0.25) is 4.79 Å². The minimum absolute atomic E-state index is 0.00644. The Morgan fingerprint density at radius 3 is 2.81 bits per heavy atom. The van der Waals surface area contributed by atoms with Gasteiger partial charge in [0.1, 0.15) is 17.5 Å². The second-order valence-corrected chi connectivity index (χ2v) is 7.49. The summed E-state index contributed by atoms with van der Waals surface area (Å²) in [5.74, 6) is 1.13. The third kappa shape index (κ3) is 4.93. The van der Waals surface area contributed by atoms with Crippen molar-refractivity contribution >= 4 is 23.4 Å². The van der Waals surface area contributed by atoms with Gasteiger partial charge >= 0.3 is 0 Å². The number of amides is 1. The van der Waals surface area contributed by atoms with Gasteiger partial charge in [0.15, 0.2) is 0 Å². The van der Waals surface area contributed by atoms with Crippen molar-refractivity contribution in [3.05, 3.63) is 54.4 Å². The lowest BCUT2D eigenvalue weighted by atomic mass is 9.96. The van der Waals surface area contributed by atoms with Gasteiger partial charge in [0.05, 0.1) is 5.69 Å². The Morgan fingerprint density at radius 1 is 1.26 bits per heavy atom. The summed E-state index contributed by atoms with van der Waals surface area (Å²) in [6.07, 6.45) is 5.46. The molecule has 8 nitrogen and oxygen atoms in total. The van der Waals surface area contributed by atoms with Crippen LogP contribution in [0.5, 0.6) is 0 Å². The predicted molar refractivity (Wildman–Crippen MR) is 116 cm³/mol. The quantitative estimate of drug-likeness (QED) is 0.649. The number of aromatic nitrogens is 4. The molecule has 1 fully saturated rings. The highest BCUT2D eigenvalue weighted by Crippen LogP contribution is 2.29. The lowest BCUT2D eigenvalue weighted by molar-refractivity contribution is -0.132. The van der Waals surface area contributed by atoms with Crippen LogP contribution in [0.1, 0.15) is 37.9 Å². The van der Waals surface area contributed by atoms with Crippen molar-refractivity contribution in [3.63, 3.8) is 0 Å². The van der Waals surface area contributed by atoms with Crippen LogP contribution in [0.4, 0.5) is 21.8 Å². The fraction of sp³-hybridized carbons (Fsp3) is 0.318. The number of nitrogens with zero attached hydrogens (tertiary/aromatic N) is 5. The zero-order chi connectivity index (χ0) is 21.8.